The third kappa shape index (κ3) is 4.96. The molecule has 3 aromatic rings. The SMILES string of the molecule is O=C(C=Cc1ccc(-c2cc(C(F)(F)F)cc(C(F)(F)F)c2)o1)c1ccccc1. The van der Waals surface area contributed by atoms with Gasteiger partial charge in [-0.25, -0.2) is 0 Å². The first-order chi connectivity index (χ1) is 13.5. The number of ketones is 1. The first-order valence-electron chi connectivity index (χ1n) is 8.21. The number of hydrogen-bond acceptors (Lipinski definition) is 2. The largest absolute Gasteiger partial charge is 0.457 e. The highest BCUT2D eigenvalue weighted by atomic mass is 19.4. The van der Waals surface area contributed by atoms with Crippen molar-refractivity contribution in [3.8, 4) is 11.3 Å². The molecule has 150 valence electrons. The van der Waals surface area contributed by atoms with Crippen LogP contribution in [0, 0.1) is 0 Å². The molecule has 2 nitrogen and oxygen atoms in total. The third-order valence-electron chi connectivity index (χ3n) is 3.96. The summed E-state index contributed by atoms with van der Waals surface area (Å²) in [5.74, 6) is -0.411. The average molecular weight is 410 g/mol. The van der Waals surface area contributed by atoms with Gasteiger partial charge in [0.15, 0.2) is 5.78 Å². The Morgan fingerprint density at radius 2 is 1.38 bits per heavy atom. The van der Waals surface area contributed by atoms with Crippen LogP contribution < -0.4 is 0 Å². The predicted molar refractivity (Wildman–Crippen MR) is 94.0 cm³/mol. The first-order valence-corrected chi connectivity index (χ1v) is 8.21. The molecule has 0 spiro atoms. The number of rotatable bonds is 4. The van der Waals surface area contributed by atoms with E-state index in [1.165, 1.54) is 24.3 Å². The lowest BCUT2D eigenvalue weighted by atomic mass is 10.0. The van der Waals surface area contributed by atoms with Gasteiger partial charge in [0.1, 0.15) is 11.5 Å². The van der Waals surface area contributed by atoms with Crippen molar-refractivity contribution in [2.45, 2.75) is 12.4 Å². The zero-order valence-electron chi connectivity index (χ0n) is 14.5. The van der Waals surface area contributed by atoms with Crippen LogP contribution in [0.5, 0.6) is 0 Å². The van der Waals surface area contributed by atoms with Crippen molar-refractivity contribution in [2.75, 3.05) is 0 Å². The Hall–Kier alpha value is -3.29. The molecule has 0 saturated carbocycles. The fourth-order valence-electron chi connectivity index (χ4n) is 2.55. The fourth-order valence-corrected chi connectivity index (χ4v) is 2.55. The Labute approximate surface area is 161 Å². The molecule has 0 aliphatic heterocycles. The van der Waals surface area contributed by atoms with Gasteiger partial charge in [-0.2, -0.15) is 26.3 Å². The number of carbonyl (C=O) groups excluding carboxylic acids is 1. The number of carbonyl (C=O) groups is 1. The molecule has 3 rings (SSSR count). The maximum Gasteiger partial charge on any atom is 0.416 e. The van der Waals surface area contributed by atoms with Crippen molar-refractivity contribution in [3.63, 3.8) is 0 Å². The topological polar surface area (TPSA) is 30.2 Å². The van der Waals surface area contributed by atoms with Gasteiger partial charge in [0.2, 0.25) is 0 Å². The molecule has 0 aliphatic carbocycles. The minimum Gasteiger partial charge on any atom is -0.457 e. The van der Waals surface area contributed by atoms with Gasteiger partial charge in [0.25, 0.3) is 0 Å². The Morgan fingerprint density at radius 3 is 1.93 bits per heavy atom. The zero-order chi connectivity index (χ0) is 21.2. The summed E-state index contributed by atoms with van der Waals surface area (Å²) in [6.45, 7) is 0. The lowest BCUT2D eigenvalue weighted by molar-refractivity contribution is -0.143. The molecule has 2 aromatic carbocycles. The van der Waals surface area contributed by atoms with E-state index in [0.717, 1.165) is 0 Å². The van der Waals surface area contributed by atoms with E-state index in [9.17, 15) is 31.1 Å². The maximum absolute atomic E-state index is 13.0. The third-order valence-corrected chi connectivity index (χ3v) is 3.96. The van der Waals surface area contributed by atoms with Gasteiger partial charge in [0, 0.05) is 11.1 Å². The molecule has 0 bridgehead atoms. The molecule has 0 amide bonds. The molecular formula is C21H12F6O2. The van der Waals surface area contributed by atoms with E-state index in [1.54, 1.807) is 30.3 Å². The van der Waals surface area contributed by atoms with Crippen molar-refractivity contribution >= 4 is 11.9 Å². The molecule has 0 radical (unpaired) electrons. The molecular weight excluding hydrogens is 398 g/mol. The van der Waals surface area contributed by atoms with Gasteiger partial charge >= 0.3 is 12.4 Å². The standard InChI is InChI=1S/C21H12F6O2/c22-20(23,24)15-10-14(11-16(12-15)21(25,26)27)19-9-7-17(29-19)6-8-18(28)13-4-2-1-3-5-13/h1-12H. The van der Waals surface area contributed by atoms with E-state index in [1.807, 2.05) is 0 Å². The van der Waals surface area contributed by atoms with Crippen molar-refractivity contribution in [1.82, 2.24) is 0 Å². The van der Waals surface area contributed by atoms with E-state index < -0.39 is 23.5 Å². The van der Waals surface area contributed by atoms with Gasteiger partial charge in [-0.15, -0.1) is 0 Å². The second-order valence-electron chi connectivity index (χ2n) is 6.06. The molecule has 0 saturated heterocycles. The van der Waals surface area contributed by atoms with Crippen molar-refractivity contribution < 1.29 is 35.6 Å². The summed E-state index contributed by atoms with van der Waals surface area (Å²) in [5.41, 5.74) is -2.82. The summed E-state index contributed by atoms with van der Waals surface area (Å²) in [4.78, 5) is 12.0. The Bertz CT molecular complexity index is 1010. The minimum atomic E-state index is -4.95. The molecule has 29 heavy (non-hydrogen) atoms. The van der Waals surface area contributed by atoms with Crippen LogP contribution in [-0.2, 0) is 12.4 Å². The maximum atomic E-state index is 13.0. The summed E-state index contributed by atoms with van der Waals surface area (Å²) in [6, 6.07) is 12.1. The van der Waals surface area contributed by atoms with Crippen molar-refractivity contribution in [3.05, 3.63) is 89.2 Å². The predicted octanol–water partition coefficient (Wildman–Crippen LogP) is 6.88. The van der Waals surface area contributed by atoms with E-state index in [-0.39, 0.29) is 28.9 Å². The van der Waals surface area contributed by atoms with Crippen LogP contribution in [0.15, 0.2) is 71.2 Å². The first kappa shape index (κ1) is 20.4. The van der Waals surface area contributed by atoms with Gasteiger partial charge in [0.05, 0.1) is 11.1 Å². The van der Waals surface area contributed by atoms with Crippen molar-refractivity contribution in [2.24, 2.45) is 0 Å². The summed E-state index contributed by atoms with van der Waals surface area (Å²) < 4.78 is 83.2. The highest BCUT2D eigenvalue weighted by Gasteiger charge is 2.37. The molecule has 0 unspecified atom stereocenters. The molecule has 1 aromatic heterocycles. The number of halogens is 6. The van der Waals surface area contributed by atoms with E-state index in [0.29, 0.717) is 17.7 Å². The van der Waals surface area contributed by atoms with Gasteiger partial charge in [-0.3, -0.25) is 4.79 Å². The van der Waals surface area contributed by atoms with Gasteiger partial charge < -0.3 is 4.42 Å². The van der Waals surface area contributed by atoms with Crippen LogP contribution in [-0.4, -0.2) is 5.78 Å². The summed E-state index contributed by atoms with van der Waals surface area (Å²) >= 11 is 0. The number of furan rings is 1. The Balaban J connectivity index is 1.92. The minimum absolute atomic E-state index is 0.0474. The quantitative estimate of drug-likeness (QED) is 0.267. The van der Waals surface area contributed by atoms with Crippen LogP contribution in [0.4, 0.5) is 26.3 Å². The Morgan fingerprint density at radius 1 is 0.793 bits per heavy atom. The molecule has 8 heteroatoms. The molecule has 0 N–H and O–H groups in total. The lowest BCUT2D eigenvalue weighted by Gasteiger charge is -2.13. The smallest absolute Gasteiger partial charge is 0.416 e. The van der Waals surface area contributed by atoms with Crippen LogP contribution in [0.1, 0.15) is 27.2 Å². The summed E-state index contributed by atoms with van der Waals surface area (Å²) in [5, 5.41) is 0. The van der Waals surface area contributed by atoms with E-state index in [4.69, 9.17) is 4.42 Å². The number of alkyl halides is 6. The van der Waals surface area contributed by atoms with Crippen molar-refractivity contribution in [1.29, 1.82) is 0 Å². The van der Waals surface area contributed by atoms with Crippen LogP contribution in [0.25, 0.3) is 17.4 Å². The summed E-state index contributed by atoms with van der Waals surface area (Å²) in [7, 11) is 0. The summed E-state index contributed by atoms with van der Waals surface area (Å²) in [6.07, 6.45) is -7.41. The van der Waals surface area contributed by atoms with Gasteiger partial charge in [-0.05, 0) is 42.5 Å². The number of benzene rings is 2. The van der Waals surface area contributed by atoms with Crippen LogP contribution in [0.2, 0.25) is 0 Å². The van der Waals surface area contributed by atoms with E-state index >= 15 is 0 Å². The lowest BCUT2D eigenvalue weighted by Crippen LogP contribution is -2.11. The normalized spacial score (nSPS) is 12.5. The molecule has 0 atom stereocenters. The monoisotopic (exact) mass is 410 g/mol. The fraction of sp³-hybridized carbons (Fsp3) is 0.0952. The second-order valence-corrected chi connectivity index (χ2v) is 6.06. The highest BCUT2D eigenvalue weighted by Crippen LogP contribution is 2.39. The zero-order valence-corrected chi connectivity index (χ0v) is 14.5. The van der Waals surface area contributed by atoms with Crippen LogP contribution in [0.3, 0.4) is 0 Å². The van der Waals surface area contributed by atoms with E-state index in [2.05, 4.69) is 0 Å². The second kappa shape index (κ2) is 7.62. The number of allylic oxidation sites excluding steroid dienone is 1. The average Bonchev–Trinajstić information content (AvgIpc) is 3.14. The highest BCUT2D eigenvalue weighted by molar-refractivity contribution is 6.06. The van der Waals surface area contributed by atoms with Gasteiger partial charge in [-0.1, -0.05) is 30.3 Å². The number of hydrogen-bond donors (Lipinski definition) is 0. The molecule has 0 aliphatic rings. The Kier molecular flexibility index (Phi) is 5.37. The molecule has 1 heterocycles. The van der Waals surface area contributed by atoms with Crippen LogP contribution >= 0.6 is 0 Å². The molecule has 0 fully saturated rings.